The third kappa shape index (κ3) is 10.2. The van der Waals surface area contributed by atoms with Gasteiger partial charge < -0.3 is 129 Å². The lowest BCUT2D eigenvalue weighted by Gasteiger charge is -2.50. The molecule has 28 heteroatoms. The third-order valence-electron chi connectivity index (χ3n) is 10.6. The molecule has 28 nitrogen and oxygen atoms in total. The zero-order valence-electron chi connectivity index (χ0n) is 31.3. The molecule has 16 N–H and O–H groups in total. The molecule has 5 rings (SSSR count). The van der Waals surface area contributed by atoms with E-state index in [-0.39, 0.29) is 0 Å². The van der Waals surface area contributed by atoms with Gasteiger partial charge >= 0.3 is 11.9 Å². The van der Waals surface area contributed by atoms with Gasteiger partial charge in [0.2, 0.25) is 0 Å². The molecule has 348 valence electrons. The Morgan fingerprint density at radius 2 is 0.850 bits per heavy atom. The van der Waals surface area contributed by atoms with Gasteiger partial charge in [-0.15, -0.1) is 0 Å². The second-order valence-electron chi connectivity index (χ2n) is 14.6. The van der Waals surface area contributed by atoms with E-state index in [9.17, 15) is 91.3 Å². The summed E-state index contributed by atoms with van der Waals surface area (Å²) in [6.45, 7) is -2.62. The van der Waals surface area contributed by atoms with Crippen molar-refractivity contribution in [1.29, 1.82) is 0 Å². The lowest BCUT2D eigenvalue weighted by Crippen LogP contribution is -2.68. The first kappa shape index (κ1) is 49.0. The first-order valence-electron chi connectivity index (χ1n) is 18.5. The minimum Gasteiger partial charge on any atom is -0.479 e. The van der Waals surface area contributed by atoms with E-state index in [4.69, 9.17) is 47.4 Å². The van der Waals surface area contributed by atoms with Crippen LogP contribution in [0.15, 0.2) is 0 Å². The number of aliphatic hydroxyl groups is 15. The second kappa shape index (κ2) is 20.7. The number of hydrogen-bond donors (Lipinski definition) is 16. The van der Waals surface area contributed by atoms with Crippen molar-refractivity contribution in [3.05, 3.63) is 0 Å². The number of carboxylic acids is 1. The first-order valence-corrected chi connectivity index (χ1v) is 18.5. The van der Waals surface area contributed by atoms with Gasteiger partial charge in [0.25, 0.3) is 0 Å². The Morgan fingerprint density at radius 1 is 0.433 bits per heavy atom. The maximum Gasteiger partial charge on any atom is 0.335 e. The maximum atomic E-state index is 12.4. The average molecular weight is 885 g/mol. The number of esters is 1. The average Bonchev–Trinajstić information content (AvgIpc) is 3.21. The Labute approximate surface area is 337 Å². The van der Waals surface area contributed by atoms with Crippen LogP contribution in [0.1, 0.15) is 6.92 Å². The highest BCUT2D eigenvalue weighted by molar-refractivity contribution is 5.73. The molecule has 0 radical (unpaired) electrons. The van der Waals surface area contributed by atoms with E-state index < -0.39 is 192 Å². The van der Waals surface area contributed by atoms with Crippen LogP contribution in [-0.4, -0.2) is 274 Å². The number of rotatable bonds is 14. The van der Waals surface area contributed by atoms with Crippen molar-refractivity contribution in [3.63, 3.8) is 0 Å². The topological polar surface area (TPSA) is 450 Å². The Bertz CT molecular complexity index is 1390. The van der Waals surface area contributed by atoms with Crippen molar-refractivity contribution >= 4 is 11.9 Å². The van der Waals surface area contributed by atoms with Crippen LogP contribution < -0.4 is 0 Å². The summed E-state index contributed by atoms with van der Waals surface area (Å²) in [6, 6.07) is 0. The molecule has 25 atom stereocenters. The number of carbonyl (C=O) groups excluding carboxylic acids is 1. The zero-order chi connectivity index (χ0) is 44.5. The lowest BCUT2D eigenvalue weighted by molar-refractivity contribution is -0.402. The molecule has 5 aliphatic rings. The number of carboxylic acid groups (broad SMARTS) is 1. The van der Waals surface area contributed by atoms with Gasteiger partial charge in [0, 0.05) is 6.92 Å². The first-order chi connectivity index (χ1) is 28.2. The predicted octanol–water partition coefficient (Wildman–Crippen LogP) is -11.3. The molecule has 0 aromatic rings. The molecular weight excluding hydrogens is 832 g/mol. The Balaban J connectivity index is 1.43. The predicted molar refractivity (Wildman–Crippen MR) is 177 cm³/mol. The molecule has 60 heavy (non-hydrogen) atoms. The molecule has 0 aromatic heterocycles. The largest absolute Gasteiger partial charge is 0.479 e. The van der Waals surface area contributed by atoms with E-state index in [2.05, 4.69) is 0 Å². The van der Waals surface area contributed by atoms with Crippen LogP contribution in [0, 0.1) is 0 Å². The SMILES string of the molecule is CC(=O)OC[C@H]1O[C@H](O[C@H]2[C@H](O[C@@H]3O[C@H](CO)[C@@H](O)[C@H](O)[C@H]3O)[C@@H](CO)OC(O)[C@@H]2O)[C@@H](O[C@@H]2O[C@H](C(=O)O)[C@@H](O[C@@H]3O[C@H](CO)[C@@H](O)[C@H](O)[C@@H]3O)[C@H](O)[C@H]2O)[C@@H](O)[C@@H]1O. The van der Waals surface area contributed by atoms with Crippen LogP contribution in [-0.2, 0) is 57.0 Å². The molecular formula is C32H52O28. The van der Waals surface area contributed by atoms with Gasteiger partial charge in [0.05, 0.1) is 19.8 Å². The zero-order valence-corrected chi connectivity index (χ0v) is 31.3. The number of carbonyl (C=O) groups is 2. The third-order valence-corrected chi connectivity index (χ3v) is 10.6. The van der Waals surface area contributed by atoms with Crippen LogP contribution in [0.5, 0.6) is 0 Å². The molecule has 5 saturated heterocycles. The highest BCUT2D eigenvalue weighted by atomic mass is 16.8. The highest BCUT2D eigenvalue weighted by Crippen LogP contribution is 2.36. The fourth-order valence-electron chi connectivity index (χ4n) is 7.15. The normalized spacial score (nSPS) is 50.2. The number of ether oxygens (including phenoxy) is 10. The Kier molecular flexibility index (Phi) is 16.9. The van der Waals surface area contributed by atoms with Crippen LogP contribution in [0.4, 0.5) is 0 Å². The van der Waals surface area contributed by atoms with Gasteiger partial charge in [-0.05, 0) is 0 Å². The molecule has 0 spiro atoms. The smallest absolute Gasteiger partial charge is 0.335 e. The maximum absolute atomic E-state index is 12.4. The van der Waals surface area contributed by atoms with Crippen LogP contribution in [0.2, 0.25) is 0 Å². The summed E-state index contributed by atoms with van der Waals surface area (Å²) in [5, 5.41) is 167. The number of hydrogen-bond acceptors (Lipinski definition) is 27. The lowest BCUT2D eigenvalue weighted by atomic mass is 9.95. The van der Waals surface area contributed by atoms with E-state index in [1.165, 1.54) is 0 Å². The molecule has 1 unspecified atom stereocenters. The number of aliphatic carboxylic acids is 1. The van der Waals surface area contributed by atoms with Crippen molar-refractivity contribution < 1.29 is 139 Å². The van der Waals surface area contributed by atoms with Crippen molar-refractivity contribution in [2.45, 2.75) is 160 Å². The monoisotopic (exact) mass is 884 g/mol. The van der Waals surface area contributed by atoms with Crippen molar-refractivity contribution in [3.8, 4) is 0 Å². The highest BCUT2D eigenvalue weighted by Gasteiger charge is 2.58. The van der Waals surface area contributed by atoms with Crippen molar-refractivity contribution in [1.82, 2.24) is 0 Å². The summed E-state index contributed by atoms with van der Waals surface area (Å²) >= 11 is 0. The van der Waals surface area contributed by atoms with E-state index in [0.717, 1.165) is 6.92 Å². The summed E-state index contributed by atoms with van der Waals surface area (Å²) in [4.78, 5) is 24.0. The number of aliphatic hydroxyl groups excluding tert-OH is 15. The van der Waals surface area contributed by atoms with Crippen LogP contribution in [0.25, 0.3) is 0 Å². The Hall–Kier alpha value is -2.02. The molecule has 5 aliphatic heterocycles. The van der Waals surface area contributed by atoms with Gasteiger partial charge in [-0.1, -0.05) is 0 Å². The van der Waals surface area contributed by atoms with Crippen molar-refractivity contribution in [2.24, 2.45) is 0 Å². The Morgan fingerprint density at radius 3 is 1.35 bits per heavy atom. The molecule has 0 bridgehead atoms. The molecule has 0 aromatic carbocycles. The van der Waals surface area contributed by atoms with E-state index in [0.29, 0.717) is 0 Å². The quantitative estimate of drug-likeness (QED) is 0.0720. The van der Waals surface area contributed by atoms with Crippen LogP contribution >= 0.6 is 0 Å². The van der Waals surface area contributed by atoms with E-state index in [1.54, 1.807) is 0 Å². The van der Waals surface area contributed by atoms with Gasteiger partial charge in [0.1, 0.15) is 123 Å². The van der Waals surface area contributed by atoms with Gasteiger partial charge in [0.15, 0.2) is 37.6 Å². The minimum absolute atomic E-state index is 0.775. The van der Waals surface area contributed by atoms with Gasteiger partial charge in [-0.2, -0.15) is 0 Å². The minimum atomic E-state index is -2.37. The molecule has 0 saturated carbocycles. The molecule has 5 heterocycles. The van der Waals surface area contributed by atoms with Crippen LogP contribution in [0.3, 0.4) is 0 Å². The summed E-state index contributed by atoms with van der Waals surface area (Å²) < 4.78 is 54.5. The van der Waals surface area contributed by atoms with E-state index in [1.807, 2.05) is 0 Å². The molecule has 0 amide bonds. The second-order valence-corrected chi connectivity index (χ2v) is 14.6. The fraction of sp³-hybridized carbons (Fsp3) is 0.938. The summed E-state index contributed by atoms with van der Waals surface area (Å²) in [5.74, 6) is -2.78. The summed E-state index contributed by atoms with van der Waals surface area (Å²) in [7, 11) is 0. The van der Waals surface area contributed by atoms with Crippen molar-refractivity contribution in [2.75, 3.05) is 26.4 Å². The standard InChI is InChI=1S/C32H52O28/c1-6(36)51-5-10-13(39)16(42)25(59-31-20(46)17(43)23(26(60-31)27(48)49)57-30-19(45)15(41)12(38)8(3-34)54-30)32(55-10)58-24-21(47)28(50)52-9(4-35)22(24)56-29-18(44)14(40)11(37)7(2-33)53-29/h7-26,28-35,37-47,50H,2-5H2,1H3,(H,48,49)/t7-,8-,9-,10-,11-,12-,13-,14+,15+,16+,17-,18-,19+,20-,21-,22-,23+,24-,25+,26+,28?,29+,30+,31-,32-/m1/s1. The van der Waals surface area contributed by atoms with Gasteiger partial charge in [-0.3, -0.25) is 4.79 Å². The molecule has 0 aliphatic carbocycles. The molecule has 5 fully saturated rings. The van der Waals surface area contributed by atoms with E-state index >= 15 is 0 Å². The summed E-state index contributed by atoms with van der Waals surface area (Å²) in [5.41, 5.74) is 0. The van der Waals surface area contributed by atoms with Gasteiger partial charge in [-0.25, -0.2) is 4.79 Å². The fourth-order valence-corrected chi connectivity index (χ4v) is 7.15. The summed E-state index contributed by atoms with van der Waals surface area (Å²) in [6.07, 6.45) is -50.9.